The molecule has 0 amide bonds. The van der Waals surface area contributed by atoms with E-state index in [0.29, 0.717) is 12.3 Å². The summed E-state index contributed by atoms with van der Waals surface area (Å²) >= 11 is 0. The number of aromatic nitrogens is 2. The van der Waals surface area contributed by atoms with Gasteiger partial charge in [0.15, 0.2) is 5.82 Å². The highest BCUT2D eigenvalue weighted by molar-refractivity contribution is 5.63. The number of ether oxygens (including phenoxy) is 1. The van der Waals surface area contributed by atoms with E-state index in [-0.39, 0.29) is 11.8 Å². The molecule has 0 N–H and O–H groups in total. The number of nitrogens with zero attached hydrogens (tertiary/aromatic N) is 3. The number of unbranched alkanes of at least 4 members (excludes halogenated alkanes) is 2. The molecule has 0 bridgehead atoms. The maximum absolute atomic E-state index is 13.4. The van der Waals surface area contributed by atoms with Crippen LogP contribution < -0.4 is 9.64 Å². The Morgan fingerprint density at radius 2 is 1.77 bits per heavy atom. The molecule has 0 unspecified atom stereocenters. The van der Waals surface area contributed by atoms with Crippen LogP contribution >= 0.6 is 0 Å². The molecular weight excluding hydrogens is 343 g/mol. The molecule has 1 heterocycles. The summed E-state index contributed by atoms with van der Waals surface area (Å²) in [5, 5.41) is 0. The van der Waals surface area contributed by atoms with E-state index in [1.807, 2.05) is 19.1 Å². The lowest BCUT2D eigenvalue weighted by atomic mass is 10.1. The van der Waals surface area contributed by atoms with Crippen molar-refractivity contribution in [2.24, 2.45) is 0 Å². The van der Waals surface area contributed by atoms with Gasteiger partial charge in [0.05, 0.1) is 6.61 Å². The zero-order valence-electron chi connectivity index (χ0n) is 15.3. The van der Waals surface area contributed by atoms with Crippen molar-refractivity contribution < 1.29 is 17.9 Å². The van der Waals surface area contributed by atoms with Crippen molar-refractivity contribution in [3.05, 3.63) is 41.6 Å². The van der Waals surface area contributed by atoms with Crippen molar-refractivity contribution in [1.82, 2.24) is 9.97 Å². The number of rotatable bonds is 8. The van der Waals surface area contributed by atoms with Gasteiger partial charge < -0.3 is 9.64 Å². The third kappa shape index (κ3) is 5.09. The third-order valence-electron chi connectivity index (χ3n) is 4.08. The Bertz CT molecular complexity index is 702. The van der Waals surface area contributed by atoms with Gasteiger partial charge >= 0.3 is 12.2 Å². The smallest absolute Gasteiger partial charge is 0.421 e. The largest absolute Gasteiger partial charge is 0.463 e. The zero-order valence-corrected chi connectivity index (χ0v) is 15.3. The minimum absolute atomic E-state index is 0.0406. The molecule has 1 aromatic heterocycles. The van der Waals surface area contributed by atoms with Crippen LogP contribution in [0.3, 0.4) is 0 Å². The molecule has 0 fully saturated rings. The molecule has 0 atom stereocenters. The van der Waals surface area contributed by atoms with Crippen LogP contribution in [0.4, 0.5) is 24.7 Å². The van der Waals surface area contributed by atoms with Gasteiger partial charge in [-0.05, 0) is 30.5 Å². The average Bonchev–Trinajstić information content (AvgIpc) is 2.64. The summed E-state index contributed by atoms with van der Waals surface area (Å²) in [6.45, 7) is 4.46. The zero-order chi connectivity index (χ0) is 19.2. The van der Waals surface area contributed by atoms with Crippen LogP contribution in [0.2, 0.25) is 0 Å². The average molecular weight is 367 g/mol. The molecule has 0 saturated carbocycles. The summed E-state index contributed by atoms with van der Waals surface area (Å²) in [4.78, 5) is 9.16. The SMILES string of the molecule is CCCCCOc1ncc(C(F)(F)F)c(N(C)c2ccc(CC)cc2)n1. The Hall–Kier alpha value is -2.31. The molecule has 0 radical (unpaired) electrons. The number of halogens is 3. The van der Waals surface area contributed by atoms with E-state index < -0.39 is 11.7 Å². The summed E-state index contributed by atoms with van der Waals surface area (Å²) in [6.07, 6.45) is -0.0795. The van der Waals surface area contributed by atoms with E-state index in [0.717, 1.165) is 37.4 Å². The van der Waals surface area contributed by atoms with Gasteiger partial charge in [0.2, 0.25) is 0 Å². The monoisotopic (exact) mass is 367 g/mol. The van der Waals surface area contributed by atoms with Crippen molar-refractivity contribution in [3.63, 3.8) is 0 Å². The molecule has 2 aromatic rings. The van der Waals surface area contributed by atoms with Crippen LogP contribution in [0.1, 0.15) is 44.2 Å². The standard InChI is InChI=1S/C19H24F3N3O/c1-4-6-7-12-26-18-23-13-16(19(20,21)22)17(24-18)25(3)15-10-8-14(5-2)9-11-15/h8-11,13H,4-7,12H2,1-3H3. The summed E-state index contributed by atoms with van der Waals surface area (Å²) in [6, 6.07) is 7.30. The van der Waals surface area contributed by atoms with Gasteiger partial charge in [-0.15, -0.1) is 0 Å². The Morgan fingerprint density at radius 1 is 1.08 bits per heavy atom. The molecule has 26 heavy (non-hydrogen) atoms. The fourth-order valence-electron chi connectivity index (χ4n) is 2.48. The predicted molar refractivity (Wildman–Crippen MR) is 95.9 cm³/mol. The molecule has 0 spiro atoms. The van der Waals surface area contributed by atoms with E-state index in [2.05, 4.69) is 16.9 Å². The van der Waals surface area contributed by atoms with Crippen LogP contribution in [0, 0.1) is 0 Å². The maximum Gasteiger partial charge on any atom is 0.421 e. The fourth-order valence-corrected chi connectivity index (χ4v) is 2.48. The van der Waals surface area contributed by atoms with E-state index in [1.54, 1.807) is 19.2 Å². The molecule has 7 heteroatoms. The highest BCUT2D eigenvalue weighted by Crippen LogP contribution is 2.37. The van der Waals surface area contributed by atoms with Gasteiger partial charge in [-0.3, -0.25) is 0 Å². The Morgan fingerprint density at radius 3 is 2.35 bits per heavy atom. The Kier molecular flexibility index (Phi) is 6.83. The quantitative estimate of drug-likeness (QED) is 0.586. The third-order valence-corrected chi connectivity index (χ3v) is 4.08. The Balaban J connectivity index is 2.31. The number of hydrogen-bond donors (Lipinski definition) is 0. The van der Waals surface area contributed by atoms with Gasteiger partial charge in [-0.2, -0.15) is 18.2 Å². The molecule has 0 aliphatic carbocycles. The molecule has 0 aliphatic rings. The van der Waals surface area contributed by atoms with E-state index in [1.165, 1.54) is 4.90 Å². The lowest BCUT2D eigenvalue weighted by molar-refractivity contribution is -0.137. The molecule has 4 nitrogen and oxygen atoms in total. The second kappa shape index (κ2) is 8.87. The summed E-state index contributed by atoms with van der Waals surface area (Å²) in [7, 11) is 1.55. The maximum atomic E-state index is 13.4. The highest BCUT2D eigenvalue weighted by atomic mass is 19.4. The van der Waals surface area contributed by atoms with Crippen LogP contribution in [0.15, 0.2) is 30.5 Å². The van der Waals surface area contributed by atoms with Crippen molar-refractivity contribution in [3.8, 4) is 6.01 Å². The summed E-state index contributed by atoms with van der Waals surface area (Å²) in [5.74, 6) is -0.220. The van der Waals surface area contributed by atoms with Gasteiger partial charge in [-0.1, -0.05) is 38.8 Å². The first-order chi connectivity index (χ1) is 12.4. The molecule has 2 rings (SSSR count). The second-order valence-electron chi connectivity index (χ2n) is 6.02. The molecule has 0 saturated heterocycles. The number of hydrogen-bond acceptors (Lipinski definition) is 4. The van der Waals surface area contributed by atoms with Gasteiger partial charge in [0.25, 0.3) is 0 Å². The summed E-state index contributed by atoms with van der Waals surface area (Å²) < 4.78 is 45.6. The van der Waals surface area contributed by atoms with Crippen molar-refractivity contribution in [2.75, 3.05) is 18.6 Å². The molecule has 0 aliphatic heterocycles. The minimum atomic E-state index is -4.55. The predicted octanol–water partition coefficient (Wildman–Crippen LogP) is 5.39. The van der Waals surface area contributed by atoms with Crippen LogP contribution in [-0.2, 0) is 12.6 Å². The van der Waals surface area contributed by atoms with Crippen molar-refractivity contribution in [1.29, 1.82) is 0 Å². The van der Waals surface area contributed by atoms with Crippen LogP contribution in [0.5, 0.6) is 6.01 Å². The van der Waals surface area contributed by atoms with Gasteiger partial charge in [0, 0.05) is 18.9 Å². The van der Waals surface area contributed by atoms with Gasteiger partial charge in [-0.25, -0.2) is 4.98 Å². The normalized spacial score (nSPS) is 11.5. The van der Waals surface area contributed by atoms with Crippen LogP contribution in [0.25, 0.3) is 0 Å². The highest BCUT2D eigenvalue weighted by Gasteiger charge is 2.36. The number of benzene rings is 1. The minimum Gasteiger partial charge on any atom is -0.463 e. The van der Waals surface area contributed by atoms with E-state index in [4.69, 9.17) is 4.74 Å². The van der Waals surface area contributed by atoms with E-state index in [9.17, 15) is 13.2 Å². The van der Waals surface area contributed by atoms with Crippen molar-refractivity contribution in [2.45, 2.75) is 45.7 Å². The summed E-state index contributed by atoms with van der Waals surface area (Å²) in [5.41, 5.74) is 0.838. The first-order valence-electron chi connectivity index (χ1n) is 8.76. The van der Waals surface area contributed by atoms with Gasteiger partial charge in [0.1, 0.15) is 5.56 Å². The second-order valence-corrected chi connectivity index (χ2v) is 6.02. The molecular formula is C19H24F3N3O. The molecule has 142 valence electrons. The first-order valence-corrected chi connectivity index (χ1v) is 8.76. The number of anilines is 2. The lowest BCUT2D eigenvalue weighted by Crippen LogP contribution is -2.19. The number of alkyl halides is 3. The fraction of sp³-hybridized carbons (Fsp3) is 0.474. The van der Waals surface area contributed by atoms with E-state index >= 15 is 0 Å². The molecule has 1 aromatic carbocycles. The van der Waals surface area contributed by atoms with Crippen molar-refractivity contribution >= 4 is 11.5 Å². The number of aryl methyl sites for hydroxylation is 1. The first kappa shape index (κ1) is 20.0. The van der Waals surface area contributed by atoms with Crippen LogP contribution in [-0.4, -0.2) is 23.6 Å². The lowest BCUT2D eigenvalue weighted by Gasteiger charge is -2.22. The topological polar surface area (TPSA) is 38.2 Å². The Labute approximate surface area is 152 Å².